The monoisotopic (exact) mass is 255 g/mol. The van der Waals surface area contributed by atoms with Gasteiger partial charge in [0.25, 0.3) is 0 Å². The van der Waals surface area contributed by atoms with Gasteiger partial charge in [0.1, 0.15) is 0 Å². The van der Waals surface area contributed by atoms with Gasteiger partial charge in [0, 0.05) is 0 Å². The van der Waals surface area contributed by atoms with Crippen molar-refractivity contribution in [2.75, 3.05) is 14.1 Å². The van der Waals surface area contributed by atoms with Crippen LogP contribution in [0.2, 0.25) is 0 Å². The Bertz CT molecular complexity index is 331. The van der Waals surface area contributed by atoms with E-state index in [0.29, 0.717) is 4.95 Å². The zero-order chi connectivity index (χ0) is 10.9. The number of benzene rings is 1. The number of halogens is 1. The standard InChI is InChI=1S/C12H18BrN/c1-8-6-7-11(10(3)9(8)2)12(13)14(4)5/h6-7,12H,1-5H3. The van der Waals surface area contributed by atoms with Crippen LogP contribution in [0.4, 0.5) is 0 Å². The predicted molar refractivity (Wildman–Crippen MR) is 66.0 cm³/mol. The first-order valence-electron chi connectivity index (χ1n) is 4.82. The predicted octanol–water partition coefficient (Wildman–Crippen LogP) is 3.57. The summed E-state index contributed by atoms with van der Waals surface area (Å²) >= 11 is 3.69. The van der Waals surface area contributed by atoms with Crippen molar-refractivity contribution in [3.63, 3.8) is 0 Å². The Balaban J connectivity index is 3.17. The van der Waals surface area contributed by atoms with Crippen LogP contribution < -0.4 is 0 Å². The molecule has 0 aliphatic rings. The second-order valence-electron chi connectivity index (χ2n) is 4.02. The number of hydrogen-bond acceptors (Lipinski definition) is 1. The van der Waals surface area contributed by atoms with Crippen molar-refractivity contribution in [1.29, 1.82) is 0 Å². The van der Waals surface area contributed by atoms with Crippen molar-refractivity contribution in [3.8, 4) is 0 Å². The van der Waals surface area contributed by atoms with Gasteiger partial charge in [-0.3, -0.25) is 4.90 Å². The normalized spacial score (nSPS) is 13.4. The third-order valence-electron chi connectivity index (χ3n) is 2.81. The fourth-order valence-electron chi connectivity index (χ4n) is 1.51. The van der Waals surface area contributed by atoms with E-state index in [1.54, 1.807) is 0 Å². The summed E-state index contributed by atoms with van der Waals surface area (Å²) < 4.78 is 0. The molecule has 0 radical (unpaired) electrons. The van der Waals surface area contributed by atoms with Gasteiger partial charge in [-0.2, -0.15) is 0 Å². The van der Waals surface area contributed by atoms with Crippen molar-refractivity contribution < 1.29 is 0 Å². The van der Waals surface area contributed by atoms with Gasteiger partial charge in [-0.1, -0.05) is 28.1 Å². The van der Waals surface area contributed by atoms with Gasteiger partial charge in [0.15, 0.2) is 0 Å². The lowest BCUT2D eigenvalue weighted by Gasteiger charge is -2.21. The highest BCUT2D eigenvalue weighted by Gasteiger charge is 2.13. The molecule has 78 valence electrons. The molecule has 14 heavy (non-hydrogen) atoms. The lowest BCUT2D eigenvalue weighted by atomic mass is 9.99. The molecular weight excluding hydrogens is 238 g/mol. The van der Waals surface area contributed by atoms with Crippen LogP contribution in [0.15, 0.2) is 12.1 Å². The summed E-state index contributed by atoms with van der Waals surface area (Å²) in [6.07, 6.45) is 0. The van der Waals surface area contributed by atoms with Crippen LogP contribution >= 0.6 is 15.9 Å². The largest absolute Gasteiger partial charge is 0.293 e. The highest BCUT2D eigenvalue weighted by molar-refractivity contribution is 9.09. The van der Waals surface area contributed by atoms with Crippen molar-refractivity contribution >= 4 is 15.9 Å². The van der Waals surface area contributed by atoms with Gasteiger partial charge >= 0.3 is 0 Å². The van der Waals surface area contributed by atoms with Crippen molar-refractivity contribution in [3.05, 3.63) is 34.4 Å². The van der Waals surface area contributed by atoms with Crippen LogP contribution in [0.3, 0.4) is 0 Å². The molecule has 0 saturated heterocycles. The van der Waals surface area contributed by atoms with Gasteiger partial charge in [-0.15, -0.1) is 0 Å². The van der Waals surface area contributed by atoms with E-state index in [-0.39, 0.29) is 0 Å². The van der Waals surface area contributed by atoms with E-state index in [0.717, 1.165) is 0 Å². The van der Waals surface area contributed by atoms with Gasteiger partial charge < -0.3 is 0 Å². The van der Waals surface area contributed by atoms with Gasteiger partial charge in [-0.05, 0) is 57.1 Å². The van der Waals surface area contributed by atoms with Crippen molar-refractivity contribution in [2.24, 2.45) is 0 Å². The molecule has 0 heterocycles. The van der Waals surface area contributed by atoms with Gasteiger partial charge in [0.2, 0.25) is 0 Å². The highest BCUT2D eigenvalue weighted by atomic mass is 79.9. The molecule has 1 aromatic carbocycles. The fourth-order valence-corrected chi connectivity index (χ4v) is 2.01. The SMILES string of the molecule is Cc1ccc(C(Br)N(C)C)c(C)c1C. The van der Waals surface area contributed by atoms with Crippen molar-refractivity contribution in [2.45, 2.75) is 25.7 Å². The molecule has 1 nitrogen and oxygen atoms in total. The second kappa shape index (κ2) is 4.45. The van der Waals surface area contributed by atoms with Crippen LogP contribution in [-0.2, 0) is 0 Å². The maximum absolute atomic E-state index is 3.69. The number of alkyl halides is 1. The van der Waals surface area contributed by atoms with E-state index in [9.17, 15) is 0 Å². The third kappa shape index (κ3) is 2.18. The minimum absolute atomic E-state index is 0.307. The Morgan fingerprint density at radius 2 is 1.64 bits per heavy atom. The molecule has 0 aliphatic heterocycles. The minimum atomic E-state index is 0.307. The molecular formula is C12H18BrN. The van der Waals surface area contributed by atoms with Crippen LogP contribution in [0, 0.1) is 20.8 Å². The van der Waals surface area contributed by atoms with Crippen LogP contribution in [-0.4, -0.2) is 19.0 Å². The Morgan fingerprint density at radius 1 is 1.07 bits per heavy atom. The second-order valence-corrected chi connectivity index (χ2v) is 4.89. The summed E-state index contributed by atoms with van der Waals surface area (Å²) in [5.74, 6) is 0. The maximum Gasteiger partial charge on any atom is 0.0909 e. The molecule has 0 bridgehead atoms. The van der Waals surface area contributed by atoms with E-state index in [1.165, 1.54) is 22.3 Å². The first-order valence-corrected chi connectivity index (χ1v) is 5.74. The number of rotatable bonds is 2. The number of nitrogens with zero attached hydrogens (tertiary/aromatic N) is 1. The molecule has 1 atom stereocenters. The van der Waals surface area contributed by atoms with Gasteiger partial charge in [-0.25, -0.2) is 0 Å². The van der Waals surface area contributed by atoms with Crippen LogP contribution in [0.5, 0.6) is 0 Å². The fraction of sp³-hybridized carbons (Fsp3) is 0.500. The zero-order valence-electron chi connectivity index (χ0n) is 9.56. The summed E-state index contributed by atoms with van der Waals surface area (Å²) in [7, 11) is 4.15. The molecule has 0 saturated carbocycles. The summed E-state index contributed by atoms with van der Waals surface area (Å²) in [5.41, 5.74) is 5.51. The summed E-state index contributed by atoms with van der Waals surface area (Å²) in [5, 5.41) is 0. The first-order chi connectivity index (χ1) is 6.45. The molecule has 1 aromatic rings. The van der Waals surface area contributed by atoms with Crippen LogP contribution in [0.1, 0.15) is 27.2 Å². The Labute approximate surface area is 95.2 Å². The lowest BCUT2D eigenvalue weighted by Crippen LogP contribution is -2.15. The highest BCUT2D eigenvalue weighted by Crippen LogP contribution is 2.29. The molecule has 0 amide bonds. The van der Waals surface area contributed by atoms with Gasteiger partial charge in [0.05, 0.1) is 4.95 Å². The molecule has 0 aliphatic carbocycles. The smallest absolute Gasteiger partial charge is 0.0909 e. The van der Waals surface area contributed by atoms with E-state index >= 15 is 0 Å². The first kappa shape index (κ1) is 11.7. The average Bonchev–Trinajstić information content (AvgIpc) is 2.13. The Morgan fingerprint density at radius 3 is 2.14 bits per heavy atom. The molecule has 0 aromatic heterocycles. The average molecular weight is 256 g/mol. The number of hydrogen-bond donors (Lipinski definition) is 0. The molecule has 2 heteroatoms. The van der Waals surface area contributed by atoms with E-state index < -0.39 is 0 Å². The molecule has 1 rings (SSSR count). The van der Waals surface area contributed by atoms with E-state index in [2.05, 4.69) is 67.8 Å². The summed E-state index contributed by atoms with van der Waals surface area (Å²) in [4.78, 5) is 2.47. The van der Waals surface area contributed by atoms with Crippen molar-refractivity contribution in [1.82, 2.24) is 4.90 Å². The molecule has 1 unspecified atom stereocenters. The number of aryl methyl sites for hydroxylation is 1. The van der Waals surface area contributed by atoms with E-state index in [4.69, 9.17) is 0 Å². The summed E-state index contributed by atoms with van der Waals surface area (Å²) in [6, 6.07) is 4.40. The molecule has 0 spiro atoms. The van der Waals surface area contributed by atoms with Crippen LogP contribution in [0.25, 0.3) is 0 Å². The molecule has 0 N–H and O–H groups in total. The Kier molecular flexibility index (Phi) is 3.73. The quantitative estimate of drug-likeness (QED) is 0.577. The third-order valence-corrected chi connectivity index (χ3v) is 4.12. The molecule has 0 fully saturated rings. The maximum atomic E-state index is 3.69. The Hall–Kier alpha value is -0.340. The lowest BCUT2D eigenvalue weighted by molar-refractivity contribution is 0.397. The zero-order valence-corrected chi connectivity index (χ0v) is 11.1. The van der Waals surface area contributed by atoms with E-state index in [1.807, 2.05) is 0 Å². The summed E-state index contributed by atoms with van der Waals surface area (Å²) in [6.45, 7) is 6.53. The topological polar surface area (TPSA) is 3.24 Å². The minimum Gasteiger partial charge on any atom is -0.293 e.